The molecule has 1 rings (SSSR count). The number of methoxy groups -OCH3 is 2. The zero-order valence-corrected chi connectivity index (χ0v) is 11.7. The number of ether oxygens (including phenoxy) is 2. The van der Waals surface area contributed by atoms with E-state index in [2.05, 4.69) is 6.92 Å². The summed E-state index contributed by atoms with van der Waals surface area (Å²) in [5, 5.41) is 0. The third-order valence-corrected chi connectivity index (χ3v) is 3.35. The smallest absolute Gasteiger partial charge is 0.127 e. The first-order chi connectivity index (χ1) is 8.54. The van der Waals surface area contributed by atoms with E-state index in [0.717, 1.165) is 29.0 Å². The summed E-state index contributed by atoms with van der Waals surface area (Å²) in [5.41, 5.74) is 14.0. The van der Waals surface area contributed by atoms with Crippen LogP contribution in [0.5, 0.6) is 11.5 Å². The van der Waals surface area contributed by atoms with E-state index < -0.39 is 0 Å². The summed E-state index contributed by atoms with van der Waals surface area (Å²) in [7, 11) is 3.29. The Morgan fingerprint density at radius 1 is 1.22 bits per heavy atom. The van der Waals surface area contributed by atoms with Gasteiger partial charge in [0.2, 0.25) is 0 Å². The molecule has 4 N–H and O–H groups in total. The quantitative estimate of drug-likeness (QED) is 0.812. The van der Waals surface area contributed by atoms with Gasteiger partial charge in [-0.2, -0.15) is 0 Å². The minimum atomic E-state index is -0.0746. The summed E-state index contributed by atoms with van der Waals surface area (Å²) in [6.07, 6.45) is 0.899. The van der Waals surface area contributed by atoms with Crippen LogP contribution in [-0.4, -0.2) is 20.8 Å². The Morgan fingerprint density at radius 2 is 1.89 bits per heavy atom. The van der Waals surface area contributed by atoms with Crippen molar-refractivity contribution in [2.24, 2.45) is 17.4 Å². The number of aryl methyl sites for hydroxylation is 1. The van der Waals surface area contributed by atoms with Crippen molar-refractivity contribution in [1.29, 1.82) is 0 Å². The monoisotopic (exact) mass is 252 g/mol. The van der Waals surface area contributed by atoms with Gasteiger partial charge in [-0.3, -0.25) is 0 Å². The Morgan fingerprint density at radius 3 is 2.39 bits per heavy atom. The van der Waals surface area contributed by atoms with Crippen LogP contribution >= 0.6 is 0 Å². The van der Waals surface area contributed by atoms with Gasteiger partial charge in [0, 0.05) is 17.7 Å². The molecule has 102 valence electrons. The van der Waals surface area contributed by atoms with E-state index in [4.69, 9.17) is 20.9 Å². The molecule has 0 fully saturated rings. The third-order valence-electron chi connectivity index (χ3n) is 3.35. The molecule has 4 nitrogen and oxygen atoms in total. The van der Waals surface area contributed by atoms with Crippen molar-refractivity contribution < 1.29 is 9.47 Å². The molecule has 0 aliphatic rings. The molecule has 0 heterocycles. The predicted octanol–water partition coefficient (Wildman–Crippen LogP) is 2.00. The Hall–Kier alpha value is -1.26. The van der Waals surface area contributed by atoms with Gasteiger partial charge in [0.05, 0.1) is 14.2 Å². The second kappa shape index (κ2) is 6.61. The lowest BCUT2D eigenvalue weighted by Gasteiger charge is -2.24. The number of nitrogens with two attached hydrogens (primary N) is 2. The van der Waals surface area contributed by atoms with Gasteiger partial charge in [-0.05, 0) is 37.4 Å². The van der Waals surface area contributed by atoms with Crippen molar-refractivity contribution in [1.82, 2.24) is 0 Å². The van der Waals surface area contributed by atoms with E-state index in [9.17, 15) is 0 Å². The van der Waals surface area contributed by atoms with Crippen molar-refractivity contribution in [3.05, 3.63) is 23.3 Å². The molecule has 0 amide bonds. The van der Waals surface area contributed by atoms with Crippen LogP contribution < -0.4 is 20.9 Å². The van der Waals surface area contributed by atoms with Crippen LogP contribution in [0.2, 0.25) is 0 Å². The summed E-state index contributed by atoms with van der Waals surface area (Å²) in [6.45, 7) is 4.78. The van der Waals surface area contributed by atoms with Gasteiger partial charge >= 0.3 is 0 Å². The summed E-state index contributed by atoms with van der Waals surface area (Å²) in [5.74, 6) is 1.88. The number of hydrogen-bond donors (Lipinski definition) is 2. The van der Waals surface area contributed by atoms with Crippen LogP contribution in [0.1, 0.15) is 30.5 Å². The van der Waals surface area contributed by atoms with Gasteiger partial charge in [-0.15, -0.1) is 0 Å². The average Bonchev–Trinajstić information content (AvgIpc) is 2.37. The van der Waals surface area contributed by atoms with Crippen molar-refractivity contribution in [3.8, 4) is 11.5 Å². The Labute approximate surface area is 109 Å². The topological polar surface area (TPSA) is 70.5 Å². The van der Waals surface area contributed by atoms with Crippen LogP contribution in [0.3, 0.4) is 0 Å². The van der Waals surface area contributed by atoms with Gasteiger partial charge in [-0.1, -0.05) is 6.92 Å². The molecule has 0 saturated carbocycles. The molecule has 18 heavy (non-hydrogen) atoms. The highest BCUT2D eigenvalue weighted by molar-refractivity contribution is 5.48. The largest absolute Gasteiger partial charge is 0.497 e. The van der Waals surface area contributed by atoms with Crippen LogP contribution in [-0.2, 0) is 0 Å². The molecule has 0 saturated heterocycles. The maximum absolute atomic E-state index is 6.32. The number of benzene rings is 1. The highest BCUT2D eigenvalue weighted by Crippen LogP contribution is 2.35. The van der Waals surface area contributed by atoms with Crippen LogP contribution in [0.4, 0.5) is 0 Å². The lowest BCUT2D eigenvalue weighted by molar-refractivity contribution is 0.374. The zero-order valence-electron chi connectivity index (χ0n) is 11.7. The van der Waals surface area contributed by atoms with Crippen LogP contribution in [0.15, 0.2) is 12.1 Å². The van der Waals surface area contributed by atoms with Crippen molar-refractivity contribution in [3.63, 3.8) is 0 Å². The van der Waals surface area contributed by atoms with E-state index in [1.807, 2.05) is 19.1 Å². The normalized spacial score (nSPS) is 14.1. The minimum Gasteiger partial charge on any atom is -0.497 e. The molecule has 0 radical (unpaired) electrons. The van der Waals surface area contributed by atoms with E-state index >= 15 is 0 Å². The van der Waals surface area contributed by atoms with E-state index in [-0.39, 0.29) is 6.04 Å². The summed E-state index contributed by atoms with van der Waals surface area (Å²) in [4.78, 5) is 0. The molecule has 1 aromatic rings. The first-order valence-corrected chi connectivity index (χ1v) is 6.23. The lowest BCUT2D eigenvalue weighted by atomic mass is 9.89. The third kappa shape index (κ3) is 3.15. The fourth-order valence-electron chi connectivity index (χ4n) is 2.17. The van der Waals surface area contributed by atoms with Crippen molar-refractivity contribution in [2.45, 2.75) is 26.3 Å². The molecule has 0 aliphatic carbocycles. The first-order valence-electron chi connectivity index (χ1n) is 6.23. The Kier molecular flexibility index (Phi) is 5.44. The predicted molar refractivity (Wildman–Crippen MR) is 74.0 cm³/mol. The Bertz CT molecular complexity index is 394. The molecule has 1 aromatic carbocycles. The van der Waals surface area contributed by atoms with E-state index in [1.54, 1.807) is 14.2 Å². The maximum atomic E-state index is 6.32. The number of rotatable bonds is 6. The van der Waals surface area contributed by atoms with Crippen molar-refractivity contribution >= 4 is 0 Å². The van der Waals surface area contributed by atoms with Gasteiger partial charge in [0.1, 0.15) is 11.5 Å². The van der Waals surface area contributed by atoms with Crippen molar-refractivity contribution in [2.75, 3.05) is 20.8 Å². The lowest BCUT2D eigenvalue weighted by Crippen LogP contribution is -2.23. The summed E-state index contributed by atoms with van der Waals surface area (Å²) >= 11 is 0. The average molecular weight is 252 g/mol. The highest BCUT2D eigenvalue weighted by atomic mass is 16.5. The second-order valence-corrected chi connectivity index (χ2v) is 4.64. The first kappa shape index (κ1) is 14.8. The van der Waals surface area contributed by atoms with Crippen LogP contribution in [0.25, 0.3) is 0 Å². The molecule has 0 spiro atoms. The van der Waals surface area contributed by atoms with Crippen LogP contribution in [0, 0.1) is 12.8 Å². The molecule has 0 bridgehead atoms. The molecular weight excluding hydrogens is 228 g/mol. The van der Waals surface area contributed by atoms with Gasteiger partial charge in [0.15, 0.2) is 0 Å². The fourth-order valence-corrected chi connectivity index (χ4v) is 2.17. The minimum absolute atomic E-state index is 0.0746. The summed E-state index contributed by atoms with van der Waals surface area (Å²) < 4.78 is 10.7. The molecule has 4 heteroatoms. The second-order valence-electron chi connectivity index (χ2n) is 4.64. The standard InChI is InChI=1S/C14H24N2O2/c1-9(5-6-15)14(16)13-10(2)7-11(17-3)8-12(13)18-4/h7-9,14H,5-6,15-16H2,1-4H3. The molecule has 2 atom stereocenters. The van der Waals surface area contributed by atoms with Gasteiger partial charge in [-0.25, -0.2) is 0 Å². The van der Waals surface area contributed by atoms with Gasteiger partial charge in [0.25, 0.3) is 0 Å². The molecule has 2 unspecified atom stereocenters. The van der Waals surface area contributed by atoms with Gasteiger partial charge < -0.3 is 20.9 Å². The summed E-state index contributed by atoms with van der Waals surface area (Å²) in [6, 6.07) is 3.78. The molecule has 0 aromatic heterocycles. The Balaban J connectivity index is 3.14. The van der Waals surface area contributed by atoms with E-state index in [1.165, 1.54) is 0 Å². The molecular formula is C14H24N2O2. The van der Waals surface area contributed by atoms with E-state index in [0.29, 0.717) is 12.5 Å². The fraction of sp³-hybridized carbons (Fsp3) is 0.571. The molecule has 0 aliphatic heterocycles. The SMILES string of the molecule is COc1cc(C)c(C(N)C(C)CCN)c(OC)c1. The maximum Gasteiger partial charge on any atom is 0.127 e. The highest BCUT2D eigenvalue weighted by Gasteiger charge is 2.21. The zero-order chi connectivity index (χ0) is 13.7. The number of hydrogen-bond acceptors (Lipinski definition) is 4.